The topological polar surface area (TPSA) is 207 Å². The molecule has 0 bridgehead atoms. The highest BCUT2D eigenvalue weighted by Gasteiger charge is 2.23. The number of carboxylic acids is 4. The molecule has 0 aliphatic carbocycles. The van der Waals surface area contributed by atoms with Crippen LogP contribution < -0.4 is 10.6 Å². The molecular weight excluding hydrogens is 448 g/mol. The van der Waals surface area contributed by atoms with Gasteiger partial charge in [0.15, 0.2) is 5.11 Å². The van der Waals surface area contributed by atoms with Crippen LogP contribution in [0.1, 0.15) is 62.1 Å². The van der Waals surface area contributed by atoms with E-state index in [1.165, 1.54) is 0 Å². The fraction of sp³-hybridized carbons (Fsp3) is 0. The largest absolute Gasteiger partial charge is 0.478 e. The number of hydrogen-bond donors (Lipinski definition) is 6. The average molecular weight is 460 g/mol. The van der Waals surface area contributed by atoms with Gasteiger partial charge in [0.05, 0.1) is 33.4 Å². The Balaban J connectivity index is 2.28. The number of rotatable bonds is 6. The second-order valence-corrected chi connectivity index (χ2v) is 6.39. The summed E-state index contributed by atoms with van der Waals surface area (Å²) in [7, 11) is 0. The number of hydrogen-bond acceptors (Lipinski definition) is 7. The van der Waals surface area contributed by atoms with Gasteiger partial charge < -0.3 is 20.4 Å². The lowest BCUT2D eigenvalue weighted by molar-refractivity contribution is 0.0678. The lowest BCUT2D eigenvalue weighted by Crippen LogP contribution is -2.43. The molecule has 0 saturated carbocycles. The van der Waals surface area contributed by atoms with Crippen LogP contribution in [0.2, 0.25) is 0 Å². The van der Waals surface area contributed by atoms with Crippen LogP contribution >= 0.6 is 12.2 Å². The summed E-state index contributed by atoms with van der Waals surface area (Å²) < 4.78 is 0. The summed E-state index contributed by atoms with van der Waals surface area (Å²) in [6.07, 6.45) is 0. The van der Waals surface area contributed by atoms with Crippen LogP contribution in [0.15, 0.2) is 36.4 Å². The van der Waals surface area contributed by atoms with Crippen LogP contribution in [0, 0.1) is 0 Å². The summed E-state index contributed by atoms with van der Waals surface area (Å²) in [4.78, 5) is 69.6. The predicted molar refractivity (Wildman–Crippen MR) is 108 cm³/mol. The van der Waals surface area contributed by atoms with Crippen molar-refractivity contribution in [1.82, 2.24) is 10.6 Å². The molecule has 6 N–H and O–H groups in total. The molecule has 2 aromatic rings. The molecule has 2 aromatic carbocycles. The van der Waals surface area contributed by atoms with E-state index < -0.39 is 63.1 Å². The smallest absolute Gasteiger partial charge is 0.336 e. The van der Waals surface area contributed by atoms with Crippen molar-refractivity contribution in [3.05, 3.63) is 69.8 Å². The summed E-state index contributed by atoms with van der Waals surface area (Å²) in [5.74, 6) is -8.22. The van der Waals surface area contributed by atoms with Gasteiger partial charge in [-0.1, -0.05) is 0 Å². The van der Waals surface area contributed by atoms with Gasteiger partial charge in [0, 0.05) is 0 Å². The first kappa shape index (κ1) is 23.6. The fourth-order valence-corrected chi connectivity index (χ4v) is 2.66. The van der Waals surface area contributed by atoms with Crippen LogP contribution in [0.25, 0.3) is 0 Å². The molecule has 0 atom stereocenters. The Hall–Kier alpha value is -4.65. The molecule has 0 unspecified atom stereocenters. The molecule has 12 nitrogen and oxygen atoms in total. The number of nitrogens with one attached hydrogen (secondary N) is 2. The van der Waals surface area contributed by atoms with Crippen molar-refractivity contribution in [3.8, 4) is 0 Å². The zero-order valence-corrected chi connectivity index (χ0v) is 16.4. The zero-order valence-electron chi connectivity index (χ0n) is 15.6. The maximum Gasteiger partial charge on any atom is 0.336 e. The SMILES string of the molecule is O=C(O)c1ccc(C(=O)O)c(C(=O)NC(=S)NC(=O)c2cc(C(=O)O)ccc2C(=O)O)c1. The fourth-order valence-electron chi connectivity index (χ4n) is 2.48. The van der Waals surface area contributed by atoms with Gasteiger partial charge in [0.2, 0.25) is 0 Å². The van der Waals surface area contributed by atoms with E-state index in [-0.39, 0.29) is 11.1 Å². The standard InChI is InChI=1S/C19H12N2O10S/c22-13(11-5-7(15(24)25)1-3-9(11)17(28)29)20-19(32)21-14(23)12-6-8(16(26)27)2-4-10(12)18(30)31/h1-6H,(H,24,25)(H,26,27)(H,28,29)(H,30,31)(H2,20,21,22,23,32). The molecule has 2 rings (SSSR count). The van der Waals surface area contributed by atoms with Gasteiger partial charge in [-0.25, -0.2) is 19.2 Å². The second-order valence-electron chi connectivity index (χ2n) is 5.98. The lowest BCUT2D eigenvalue weighted by Gasteiger charge is -2.12. The third-order valence-corrected chi connectivity index (χ3v) is 4.14. The first-order chi connectivity index (χ1) is 14.9. The minimum atomic E-state index is -1.53. The molecule has 0 aliphatic heterocycles. The highest BCUT2D eigenvalue weighted by atomic mass is 32.1. The minimum Gasteiger partial charge on any atom is -0.478 e. The molecule has 13 heteroatoms. The zero-order chi connectivity index (χ0) is 24.2. The first-order valence-electron chi connectivity index (χ1n) is 8.30. The van der Waals surface area contributed by atoms with Crippen LogP contribution in [0.4, 0.5) is 0 Å². The number of carboxylic acid groups (broad SMARTS) is 4. The Morgan fingerprint density at radius 2 is 0.906 bits per heavy atom. The van der Waals surface area contributed by atoms with Crippen molar-refractivity contribution in [3.63, 3.8) is 0 Å². The van der Waals surface area contributed by atoms with Crippen molar-refractivity contribution in [1.29, 1.82) is 0 Å². The van der Waals surface area contributed by atoms with Crippen LogP contribution in [0.5, 0.6) is 0 Å². The normalized spacial score (nSPS) is 10.0. The molecule has 0 fully saturated rings. The molecule has 0 aliphatic rings. The third-order valence-electron chi connectivity index (χ3n) is 3.94. The first-order valence-corrected chi connectivity index (χ1v) is 8.71. The van der Waals surface area contributed by atoms with Gasteiger partial charge in [0.25, 0.3) is 11.8 Å². The van der Waals surface area contributed by atoms with Crippen LogP contribution in [-0.2, 0) is 0 Å². The Kier molecular flexibility index (Phi) is 6.97. The van der Waals surface area contributed by atoms with Gasteiger partial charge in [-0.05, 0) is 48.6 Å². The number of amides is 2. The van der Waals surface area contributed by atoms with E-state index >= 15 is 0 Å². The van der Waals surface area contributed by atoms with Crippen molar-refractivity contribution in [2.24, 2.45) is 0 Å². The van der Waals surface area contributed by atoms with Gasteiger partial charge in [0.1, 0.15) is 0 Å². The van der Waals surface area contributed by atoms with E-state index in [1.54, 1.807) is 0 Å². The Morgan fingerprint density at radius 1 is 0.562 bits per heavy atom. The summed E-state index contributed by atoms with van der Waals surface area (Å²) >= 11 is 4.80. The molecule has 2 amide bonds. The van der Waals surface area contributed by atoms with Crippen molar-refractivity contribution >= 4 is 53.0 Å². The molecule has 0 aromatic heterocycles. The number of aromatic carboxylic acids is 4. The van der Waals surface area contributed by atoms with E-state index in [2.05, 4.69) is 0 Å². The Morgan fingerprint density at radius 3 is 1.19 bits per heavy atom. The van der Waals surface area contributed by atoms with Gasteiger partial charge >= 0.3 is 23.9 Å². The van der Waals surface area contributed by atoms with E-state index in [1.807, 2.05) is 10.6 Å². The number of carbonyl (C=O) groups excluding carboxylic acids is 2. The van der Waals surface area contributed by atoms with E-state index in [9.17, 15) is 39.0 Å². The third kappa shape index (κ3) is 5.28. The maximum atomic E-state index is 12.4. The van der Waals surface area contributed by atoms with Crippen molar-refractivity contribution < 1.29 is 49.2 Å². The summed E-state index contributed by atoms with van der Waals surface area (Å²) in [6, 6.07) is 5.35. The summed E-state index contributed by atoms with van der Waals surface area (Å²) in [6.45, 7) is 0. The van der Waals surface area contributed by atoms with Gasteiger partial charge in [-0.15, -0.1) is 0 Å². The number of benzene rings is 2. The lowest BCUT2D eigenvalue weighted by atomic mass is 10.0. The molecule has 0 saturated heterocycles. The molecular formula is C19H12N2O10S. The van der Waals surface area contributed by atoms with Gasteiger partial charge in [-0.2, -0.15) is 0 Å². The number of thiocarbonyl (C=S) groups is 1. The highest BCUT2D eigenvalue weighted by Crippen LogP contribution is 2.14. The van der Waals surface area contributed by atoms with Crippen LogP contribution in [-0.4, -0.2) is 61.2 Å². The average Bonchev–Trinajstić information content (AvgIpc) is 2.72. The Labute approximate surface area is 183 Å². The quantitative estimate of drug-likeness (QED) is 0.334. The molecule has 164 valence electrons. The number of carbonyl (C=O) groups is 6. The van der Waals surface area contributed by atoms with Gasteiger partial charge in [-0.3, -0.25) is 20.2 Å². The maximum absolute atomic E-state index is 12.4. The van der Waals surface area contributed by atoms with Crippen LogP contribution in [0.3, 0.4) is 0 Å². The molecule has 0 radical (unpaired) electrons. The van der Waals surface area contributed by atoms with Crippen molar-refractivity contribution in [2.75, 3.05) is 0 Å². The summed E-state index contributed by atoms with van der Waals surface area (Å²) in [5.41, 5.74) is -2.97. The second kappa shape index (κ2) is 9.44. The molecule has 0 spiro atoms. The van der Waals surface area contributed by atoms with E-state index in [4.69, 9.17) is 22.4 Å². The van der Waals surface area contributed by atoms with Crippen molar-refractivity contribution in [2.45, 2.75) is 0 Å². The highest BCUT2D eigenvalue weighted by molar-refractivity contribution is 7.80. The molecule has 0 heterocycles. The summed E-state index contributed by atoms with van der Waals surface area (Å²) in [5, 5.41) is 39.7. The molecule has 32 heavy (non-hydrogen) atoms. The Bertz CT molecular complexity index is 1110. The monoisotopic (exact) mass is 460 g/mol. The van der Waals surface area contributed by atoms with E-state index in [0.29, 0.717) is 0 Å². The minimum absolute atomic E-state index is 0.383. The van der Waals surface area contributed by atoms with E-state index in [0.717, 1.165) is 36.4 Å². The predicted octanol–water partition coefficient (Wildman–Crippen LogP) is 0.924.